The van der Waals surface area contributed by atoms with Crippen LogP contribution in [0.25, 0.3) is 6.08 Å². The Morgan fingerprint density at radius 2 is 1.94 bits per heavy atom. The summed E-state index contributed by atoms with van der Waals surface area (Å²) in [5.74, 6) is 0. The van der Waals surface area contributed by atoms with Gasteiger partial charge in [0, 0.05) is 0 Å². The third-order valence-corrected chi connectivity index (χ3v) is 2.23. The molecule has 0 aromatic heterocycles. The van der Waals surface area contributed by atoms with E-state index in [1.807, 2.05) is 43.3 Å². The van der Waals surface area contributed by atoms with Gasteiger partial charge in [-0.1, -0.05) is 56.3 Å². The molecule has 1 aromatic carbocycles. The van der Waals surface area contributed by atoms with Gasteiger partial charge in [0.15, 0.2) is 0 Å². The summed E-state index contributed by atoms with van der Waals surface area (Å²) in [7, 11) is -4.20. The van der Waals surface area contributed by atoms with Gasteiger partial charge in [0.2, 0.25) is 0 Å². The topological polar surface area (TPSA) is 63.6 Å². The first-order valence-corrected chi connectivity index (χ1v) is 6.65. The molecule has 0 radical (unpaired) electrons. The molecule has 0 amide bonds. The average Bonchev–Trinajstić information content (AvgIpc) is 2.30. The number of benzene rings is 1. The maximum Gasteiger partial charge on any atom is 0.397 e. The van der Waals surface area contributed by atoms with Gasteiger partial charge in [-0.05, 0) is 12.0 Å². The van der Waals surface area contributed by atoms with Crippen LogP contribution in [0.2, 0.25) is 0 Å². The molecule has 0 fully saturated rings. The van der Waals surface area contributed by atoms with Crippen LogP contribution < -0.4 is 0 Å². The fraction of sp³-hybridized carbons (Fsp3) is 0.333. The van der Waals surface area contributed by atoms with Gasteiger partial charge in [0.05, 0.1) is 6.61 Å². The van der Waals surface area contributed by atoms with E-state index in [9.17, 15) is 8.42 Å². The fourth-order valence-corrected chi connectivity index (χ4v) is 1.23. The van der Waals surface area contributed by atoms with Crippen LogP contribution in [0.15, 0.2) is 36.9 Å². The highest BCUT2D eigenvalue weighted by Gasteiger charge is 2.00. The van der Waals surface area contributed by atoms with Crippen LogP contribution in [0.3, 0.4) is 0 Å². The highest BCUT2D eigenvalue weighted by atomic mass is 32.3. The largest absolute Gasteiger partial charge is 0.397 e. The number of hydrogen-bond donors (Lipinski definition) is 1. The molecule has 1 N–H and O–H groups in total. The van der Waals surface area contributed by atoms with Crippen LogP contribution in [0.1, 0.15) is 25.3 Å². The molecule has 0 aliphatic carbocycles. The normalized spacial score (nSPS) is 10.2. The Balaban J connectivity index is 0.000000302. The Bertz CT molecular complexity index is 398. The quantitative estimate of drug-likeness (QED) is 0.651. The lowest BCUT2D eigenvalue weighted by Crippen LogP contribution is -2.04. The second-order valence-electron chi connectivity index (χ2n) is 3.22. The van der Waals surface area contributed by atoms with Gasteiger partial charge >= 0.3 is 10.4 Å². The van der Waals surface area contributed by atoms with E-state index in [2.05, 4.69) is 10.8 Å². The predicted octanol–water partition coefficient (Wildman–Crippen LogP) is 2.94. The zero-order chi connectivity index (χ0) is 13.1. The van der Waals surface area contributed by atoms with Crippen molar-refractivity contribution >= 4 is 16.5 Å². The molecular weight excluding hydrogens is 240 g/mol. The van der Waals surface area contributed by atoms with Crippen LogP contribution in [-0.2, 0) is 14.6 Å². The monoisotopic (exact) mass is 258 g/mol. The standard InChI is InChI=1S/C8H8.C4H10O4S/c1-2-8-6-4-3-5-7-8;1-2-3-4-8-9(5,6)7/h2-7H,1H2;2-4H2,1H3,(H,5,6,7). The lowest BCUT2D eigenvalue weighted by Gasteiger charge is -1.95. The van der Waals surface area contributed by atoms with E-state index in [0.29, 0.717) is 6.42 Å². The summed E-state index contributed by atoms with van der Waals surface area (Å²) >= 11 is 0. The Hall–Kier alpha value is -1.17. The van der Waals surface area contributed by atoms with E-state index < -0.39 is 10.4 Å². The summed E-state index contributed by atoms with van der Waals surface area (Å²) in [5, 5.41) is 0. The fourth-order valence-electron chi connectivity index (χ4n) is 0.898. The van der Waals surface area contributed by atoms with Crippen LogP contribution in [0.4, 0.5) is 0 Å². The van der Waals surface area contributed by atoms with E-state index in [4.69, 9.17) is 4.55 Å². The molecule has 4 nitrogen and oxygen atoms in total. The minimum atomic E-state index is -4.20. The molecule has 17 heavy (non-hydrogen) atoms. The minimum Gasteiger partial charge on any atom is -0.264 e. The van der Waals surface area contributed by atoms with Crippen molar-refractivity contribution in [1.29, 1.82) is 0 Å². The molecule has 0 heterocycles. The van der Waals surface area contributed by atoms with E-state index in [1.54, 1.807) is 0 Å². The second kappa shape index (κ2) is 8.92. The van der Waals surface area contributed by atoms with E-state index in [-0.39, 0.29) is 6.61 Å². The molecular formula is C12H18O4S. The first kappa shape index (κ1) is 15.8. The van der Waals surface area contributed by atoms with Crippen molar-refractivity contribution in [3.05, 3.63) is 42.5 Å². The lowest BCUT2D eigenvalue weighted by atomic mass is 10.2. The van der Waals surface area contributed by atoms with Gasteiger partial charge in [-0.3, -0.25) is 4.55 Å². The summed E-state index contributed by atoms with van der Waals surface area (Å²) in [6, 6.07) is 10.0. The van der Waals surface area contributed by atoms with Gasteiger partial charge in [-0.2, -0.15) is 8.42 Å². The summed E-state index contributed by atoms with van der Waals surface area (Å²) in [5.41, 5.74) is 1.17. The zero-order valence-electron chi connectivity index (χ0n) is 9.87. The maximum atomic E-state index is 9.84. The molecule has 1 aromatic rings. The Kier molecular flexibility index (Phi) is 8.31. The third kappa shape index (κ3) is 11.1. The highest BCUT2D eigenvalue weighted by molar-refractivity contribution is 7.80. The third-order valence-electron chi connectivity index (χ3n) is 1.77. The van der Waals surface area contributed by atoms with Gasteiger partial charge in [-0.25, -0.2) is 4.18 Å². The first-order chi connectivity index (χ1) is 7.99. The maximum absolute atomic E-state index is 9.84. The number of rotatable bonds is 5. The lowest BCUT2D eigenvalue weighted by molar-refractivity contribution is 0.264. The molecule has 96 valence electrons. The van der Waals surface area contributed by atoms with Crippen LogP contribution in [-0.4, -0.2) is 19.6 Å². The number of hydrogen-bond acceptors (Lipinski definition) is 3. The Morgan fingerprint density at radius 3 is 2.29 bits per heavy atom. The second-order valence-corrected chi connectivity index (χ2v) is 4.31. The summed E-state index contributed by atoms with van der Waals surface area (Å²) in [4.78, 5) is 0. The van der Waals surface area contributed by atoms with Crippen molar-refractivity contribution in [2.75, 3.05) is 6.61 Å². The Labute approximate surface area is 103 Å². The van der Waals surface area contributed by atoms with Gasteiger partial charge < -0.3 is 0 Å². The molecule has 5 heteroatoms. The zero-order valence-corrected chi connectivity index (χ0v) is 10.7. The Morgan fingerprint density at radius 1 is 1.35 bits per heavy atom. The van der Waals surface area contributed by atoms with Crippen molar-refractivity contribution in [3.8, 4) is 0 Å². The first-order valence-electron chi connectivity index (χ1n) is 5.29. The average molecular weight is 258 g/mol. The van der Waals surface area contributed by atoms with Gasteiger partial charge in [0.25, 0.3) is 0 Å². The van der Waals surface area contributed by atoms with Crippen LogP contribution in [0.5, 0.6) is 0 Å². The van der Waals surface area contributed by atoms with Crippen molar-refractivity contribution in [1.82, 2.24) is 0 Å². The van der Waals surface area contributed by atoms with E-state index in [0.717, 1.165) is 6.42 Å². The summed E-state index contributed by atoms with van der Waals surface area (Å²) in [6.07, 6.45) is 3.31. The van der Waals surface area contributed by atoms with Crippen LogP contribution in [0, 0.1) is 0 Å². The molecule has 0 saturated heterocycles. The predicted molar refractivity (Wildman–Crippen MR) is 68.9 cm³/mol. The van der Waals surface area contributed by atoms with E-state index in [1.165, 1.54) is 5.56 Å². The van der Waals surface area contributed by atoms with Gasteiger partial charge in [0.1, 0.15) is 0 Å². The molecule has 0 bridgehead atoms. The molecule has 1 rings (SSSR count). The molecule has 0 aliphatic heterocycles. The molecule has 0 spiro atoms. The van der Waals surface area contributed by atoms with E-state index >= 15 is 0 Å². The summed E-state index contributed by atoms with van der Waals surface area (Å²) < 4.78 is 31.7. The van der Waals surface area contributed by atoms with Crippen molar-refractivity contribution in [2.45, 2.75) is 19.8 Å². The van der Waals surface area contributed by atoms with Crippen molar-refractivity contribution < 1.29 is 17.2 Å². The van der Waals surface area contributed by atoms with Gasteiger partial charge in [-0.15, -0.1) is 0 Å². The molecule has 0 saturated carbocycles. The minimum absolute atomic E-state index is 0.0648. The molecule has 0 aliphatic rings. The van der Waals surface area contributed by atoms with Crippen molar-refractivity contribution in [3.63, 3.8) is 0 Å². The van der Waals surface area contributed by atoms with Crippen LogP contribution >= 0.6 is 0 Å². The van der Waals surface area contributed by atoms with Crippen molar-refractivity contribution in [2.24, 2.45) is 0 Å². The number of unbranched alkanes of at least 4 members (excludes halogenated alkanes) is 1. The smallest absolute Gasteiger partial charge is 0.264 e. The SMILES string of the molecule is C=Cc1ccccc1.CCCCOS(=O)(=O)O. The highest BCUT2D eigenvalue weighted by Crippen LogP contribution is 1.97. The summed E-state index contributed by atoms with van der Waals surface area (Å²) in [6.45, 7) is 5.59. The molecule has 0 unspecified atom stereocenters. The molecule has 0 atom stereocenters.